The summed E-state index contributed by atoms with van der Waals surface area (Å²) in [5, 5.41) is 9.85. The van der Waals surface area contributed by atoms with Gasteiger partial charge in [0.05, 0.1) is 19.8 Å². The summed E-state index contributed by atoms with van der Waals surface area (Å²) in [5.74, 6) is -1.49. The van der Waals surface area contributed by atoms with Gasteiger partial charge in [0.25, 0.3) is 0 Å². The molecule has 0 aliphatic heterocycles. The number of hydrogen-bond donors (Lipinski definition) is 2. The molecule has 0 aromatic heterocycles. The summed E-state index contributed by atoms with van der Waals surface area (Å²) in [4.78, 5) is 48.7. The molecule has 0 heterocycles. The molecular weight excluding hydrogens is 1000 g/mol. The maximum Gasteiger partial charge on any atom is 0.472 e. The van der Waals surface area contributed by atoms with Crippen molar-refractivity contribution in [2.24, 2.45) is 0 Å². The Kier molecular flexibility index (Phi) is 57.7. The standard InChI is InChI=1S/C66H117O11P/c1-4-7-10-13-16-19-22-25-28-30-31-33-36-39-42-45-48-51-54-57-66(70)77-63(59-73-64(68)55-52-49-46-43-40-37-34-27-24-21-18-15-12-9-6-3)61-75-78(71,72)74-60-62(58-67)76-65(69)56-53-50-47-44-41-38-35-32-29-26-23-20-17-14-11-8-5-2/h9,12,16,18-19,21,25,27-28,31,33-34,62-63,67H,4-8,10-11,13-15,17,20,22-24,26,29-30,32,35-61H2,1-3H3,(H,71,72)/b12-9-,19-16-,21-18-,28-25-,33-31-,34-27-. The van der Waals surface area contributed by atoms with Gasteiger partial charge in [-0.15, -0.1) is 0 Å². The molecule has 0 aliphatic rings. The highest BCUT2D eigenvalue weighted by molar-refractivity contribution is 7.47. The Bertz CT molecular complexity index is 1590. The number of carbonyl (C=O) groups excluding carboxylic acids is 3. The SMILES string of the molecule is CC/C=C\C/C=C\C/C=C\CCCCCCCC(=O)OCC(COP(=O)(O)OCC(CO)OC(=O)CCCCCCCCCCCCCCCCCCC)OC(=O)CCCCCCCC/C=C\C/C=C\C/C=C\CCCCC. The van der Waals surface area contributed by atoms with Gasteiger partial charge < -0.3 is 24.2 Å². The molecule has 12 heteroatoms. The molecule has 0 radical (unpaired) electrons. The molecule has 11 nitrogen and oxygen atoms in total. The Morgan fingerprint density at radius 3 is 1.05 bits per heavy atom. The second kappa shape index (κ2) is 60.0. The van der Waals surface area contributed by atoms with Crippen molar-refractivity contribution >= 4 is 25.7 Å². The van der Waals surface area contributed by atoms with Crippen LogP contribution in [0.1, 0.15) is 290 Å². The van der Waals surface area contributed by atoms with Crippen LogP contribution in [0.3, 0.4) is 0 Å². The molecule has 78 heavy (non-hydrogen) atoms. The van der Waals surface area contributed by atoms with Crippen molar-refractivity contribution in [1.29, 1.82) is 0 Å². The highest BCUT2D eigenvalue weighted by Crippen LogP contribution is 2.43. The molecule has 452 valence electrons. The van der Waals surface area contributed by atoms with Crippen LogP contribution in [0.25, 0.3) is 0 Å². The van der Waals surface area contributed by atoms with E-state index in [1.54, 1.807) is 0 Å². The minimum absolute atomic E-state index is 0.148. The van der Waals surface area contributed by atoms with E-state index >= 15 is 0 Å². The smallest absolute Gasteiger partial charge is 0.462 e. The van der Waals surface area contributed by atoms with E-state index in [0.717, 1.165) is 122 Å². The summed E-state index contributed by atoms with van der Waals surface area (Å²) in [6.45, 7) is 4.52. The lowest BCUT2D eigenvalue weighted by Crippen LogP contribution is -2.30. The molecule has 3 unspecified atom stereocenters. The van der Waals surface area contributed by atoms with Gasteiger partial charge in [-0.25, -0.2) is 4.57 Å². The Labute approximate surface area is 478 Å². The number of phosphoric acid groups is 1. The maximum absolute atomic E-state index is 12.9. The van der Waals surface area contributed by atoms with E-state index in [1.165, 1.54) is 109 Å². The van der Waals surface area contributed by atoms with E-state index < -0.39 is 57.8 Å². The third-order valence-electron chi connectivity index (χ3n) is 13.6. The lowest BCUT2D eigenvalue weighted by molar-refractivity contribution is -0.161. The van der Waals surface area contributed by atoms with Crippen molar-refractivity contribution in [3.05, 3.63) is 72.9 Å². The van der Waals surface area contributed by atoms with Gasteiger partial charge in [0.2, 0.25) is 0 Å². The molecule has 0 aliphatic carbocycles. The first kappa shape index (κ1) is 74.9. The fourth-order valence-corrected chi connectivity index (χ4v) is 9.57. The van der Waals surface area contributed by atoms with Crippen LogP contribution >= 0.6 is 7.82 Å². The first-order chi connectivity index (χ1) is 38.2. The van der Waals surface area contributed by atoms with Gasteiger partial charge in [0.15, 0.2) is 6.10 Å². The Balaban J connectivity index is 4.71. The summed E-state index contributed by atoms with van der Waals surface area (Å²) >= 11 is 0. The zero-order valence-corrected chi connectivity index (χ0v) is 51.0. The van der Waals surface area contributed by atoms with E-state index in [0.29, 0.717) is 19.3 Å². The third kappa shape index (κ3) is 57.6. The predicted octanol–water partition coefficient (Wildman–Crippen LogP) is 19.3. The molecular formula is C66H117O11P. The summed E-state index contributed by atoms with van der Waals surface area (Å²) < 4.78 is 39.7. The third-order valence-corrected chi connectivity index (χ3v) is 14.6. The number of ether oxygens (including phenoxy) is 3. The number of aliphatic hydroxyl groups excluding tert-OH is 1. The average Bonchev–Trinajstić information content (AvgIpc) is 3.43. The Hall–Kier alpha value is -3.08. The summed E-state index contributed by atoms with van der Waals surface area (Å²) in [6, 6.07) is 0. The number of unbranched alkanes of at least 4 members (excludes halogenated alkanes) is 30. The van der Waals surface area contributed by atoms with Crippen LogP contribution in [0, 0.1) is 0 Å². The van der Waals surface area contributed by atoms with Crippen LogP contribution < -0.4 is 0 Å². The minimum Gasteiger partial charge on any atom is -0.462 e. The summed E-state index contributed by atoms with van der Waals surface area (Å²) in [5.41, 5.74) is 0. The molecule has 0 aromatic rings. The van der Waals surface area contributed by atoms with E-state index in [2.05, 4.69) is 93.7 Å². The molecule has 0 saturated carbocycles. The minimum atomic E-state index is -4.76. The van der Waals surface area contributed by atoms with Crippen LogP contribution in [-0.4, -0.2) is 66.5 Å². The lowest BCUT2D eigenvalue weighted by Gasteiger charge is -2.21. The van der Waals surface area contributed by atoms with E-state index in [-0.39, 0.29) is 25.9 Å². The number of hydrogen-bond acceptors (Lipinski definition) is 10. The number of aliphatic hydroxyl groups is 1. The molecule has 0 bridgehead atoms. The van der Waals surface area contributed by atoms with Crippen LogP contribution in [-0.2, 0) is 42.2 Å². The van der Waals surface area contributed by atoms with Crippen molar-refractivity contribution in [2.75, 3.05) is 26.4 Å². The highest BCUT2D eigenvalue weighted by atomic mass is 31.2. The highest BCUT2D eigenvalue weighted by Gasteiger charge is 2.28. The first-order valence-corrected chi connectivity index (χ1v) is 33.3. The van der Waals surface area contributed by atoms with Gasteiger partial charge in [-0.3, -0.25) is 23.4 Å². The van der Waals surface area contributed by atoms with Gasteiger partial charge in [-0.2, -0.15) is 0 Å². The number of phosphoric ester groups is 1. The van der Waals surface area contributed by atoms with E-state index in [1.807, 2.05) is 0 Å². The van der Waals surface area contributed by atoms with Crippen molar-refractivity contribution in [1.82, 2.24) is 0 Å². The number of esters is 3. The second-order valence-corrected chi connectivity index (χ2v) is 22.7. The van der Waals surface area contributed by atoms with E-state index in [4.69, 9.17) is 23.3 Å². The molecule has 0 saturated heterocycles. The van der Waals surface area contributed by atoms with Crippen LogP contribution in [0.4, 0.5) is 0 Å². The molecule has 3 atom stereocenters. The Morgan fingerprint density at radius 1 is 0.372 bits per heavy atom. The fraction of sp³-hybridized carbons (Fsp3) is 0.773. The second-order valence-electron chi connectivity index (χ2n) is 21.2. The van der Waals surface area contributed by atoms with Crippen LogP contribution in [0.2, 0.25) is 0 Å². The zero-order valence-electron chi connectivity index (χ0n) is 50.1. The number of allylic oxidation sites excluding steroid dienone is 12. The van der Waals surface area contributed by atoms with Crippen molar-refractivity contribution in [2.45, 2.75) is 303 Å². The van der Waals surface area contributed by atoms with Gasteiger partial charge in [0.1, 0.15) is 12.7 Å². The molecule has 0 amide bonds. The van der Waals surface area contributed by atoms with Gasteiger partial charge in [-0.05, 0) is 89.9 Å². The van der Waals surface area contributed by atoms with Gasteiger partial charge in [0, 0.05) is 19.3 Å². The monoisotopic (exact) mass is 1120 g/mol. The largest absolute Gasteiger partial charge is 0.472 e. The van der Waals surface area contributed by atoms with Crippen LogP contribution in [0.15, 0.2) is 72.9 Å². The molecule has 0 spiro atoms. The number of carbonyl (C=O) groups is 3. The predicted molar refractivity (Wildman–Crippen MR) is 325 cm³/mol. The van der Waals surface area contributed by atoms with Crippen molar-refractivity contribution in [3.8, 4) is 0 Å². The zero-order chi connectivity index (χ0) is 56.9. The normalized spacial score (nSPS) is 13.8. The van der Waals surface area contributed by atoms with Crippen LogP contribution in [0.5, 0.6) is 0 Å². The van der Waals surface area contributed by atoms with Gasteiger partial charge >= 0.3 is 25.7 Å². The maximum atomic E-state index is 12.9. The molecule has 0 aromatic carbocycles. The fourth-order valence-electron chi connectivity index (χ4n) is 8.79. The molecule has 2 N–H and O–H groups in total. The average molecular weight is 1120 g/mol. The lowest BCUT2D eigenvalue weighted by atomic mass is 10.0. The Morgan fingerprint density at radius 2 is 0.667 bits per heavy atom. The van der Waals surface area contributed by atoms with E-state index in [9.17, 15) is 28.9 Å². The quantitative estimate of drug-likeness (QED) is 0.0197. The summed E-state index contributed by atoms with van der Waals surface area (Å²) in [7, 11) is -4.76. The topological polar surface area (TPSA) is 155 Å². The summed E-state index contributed by atoms with van der Waals surface area (Å²) in [6.07, 6.45) is 68.5. The first-order valence-electron chi connectivity index (χ1n) is 31.8. The van der Waals surface area contributed by atoms with Crippen molar-refractivity contribution < 1.29 is 52.2 Å². The molecule has 0 fully saturated rings. The number of rotatable bonds is 59. The van der Waals surface area contributed by atoms with Gasteiger partial charge in [-0.1, -0.05) is 254 Å². The van der Waals surface area contributed by atoms with Crippen molar-refractivity contribution in [3.63, 3.8) is 0 Å². The molecule has 0 rings (SSSR count).